The van der Waals surface area contributed by atoms with Gasteiger partial charge in [-0.25, -0.2) is 4.98 Å². The monoisotopic (exact) mass is 579 g/mol. The van der Waals surface area contributed by atoms with Crippen LogP contribution in [-0.2, 0) is 0 Å². The van der Waals surface area contributed by atoms with Gasteiger partial charge in [0.25, 0.3) is 0 Å². The molecule has 45 heavy (non-hydrogen) atoms. The van der Waals surface area contributed by atoms with Gasteiger partial charge >= 0.3 is 0 Å². The Hall–Kier alpha value is -5.87. The minimum Gasteiger partial charge on any atom is -0.436 e. The molecule has 2 aromatic heterocycles. The molecule has 8 aromatic rings. The number of allylic oxidation sites excluding steroid dienone is 4. The summed E-state index contributed by atoms with van der Waals surface area (Å²) >= 11 is 0. The minimum atomic E-state index is 0.625. The molecule has 0 saturated carbocycles. The van der Waals surface area contributed by atoms with Crippen LogP contribution in [0.3, 0.4) is 0 Å². The quantitative estimate of drug-likeness (QED) is 0.203. The van der Waals surface area contributed by atoms with Crippen molar-refractivity contribution in [3.63, 3.8) is 0 Å². The summed E-state index contributed by atoms with van der Waals surface area (Å²) in [7, 11) is 0. The number of benzene rings is 6. The number of aromatic nitrogens is 2. The van der Waals surface area contributed by atoms with Gasteiger partial charge in [-0.1, -0.05) is 97.1 Å². The number of oxazole rings is 1. The second-order valence-electron chi connectivity index (χ2n) is 11.5. The summed E-state index contributed by atoms with van der Waals surface area (Å²) in [6.45, 7) is 0. The highest BCUT2D eigenvalue weighted by molar-refractivity contribution is 6.14. The Morgan fingerprint density at radius 3 is 2.13 bits per heavy atom. The fourth-order valence-electron chi connectivity index (χ4n) is 6.81. The highest BCUT2D eigenvalue weighted by atomic mass is 16.3. The largest absolute Gasteiger partial charge is 0.436 e. The molecular weight excluding hydrogens is 550 g/mol. The van der Waals surface area contributed by atoms with Crippen molar-refractivity contribution in [3.8, 4) is 11.5 Å². The van der Waals surface area contributed by atoms with Gasteiger partial charge < -0.3 is 13.9 Å². The van der Waals surface area contributed by atoms with Crippen LogP contribution in [0.2, 0.25) is 0 Å². The number of hydrogen-bond acceptors (Lipinski definition) is 3. The Bertz CT molecular complexity index is 2430. The van der Waals surface area contributed by atoms with Crippen LogP contribution in [0.15, 0.2) is 156 Å². The van der Waals surface area contributed by atoms with Gasteiger partial charge in [0.05, 0.1) is 16.7 Å². The van der Waals surface area contributed by atoms with Crippen molar-refractivity contribution < 1.29 is 4.42 Å². The van der Waals surface area contributed by atoms with Crippen LogP contribution >= 0.6 is 0 Å². The molecular formula is C41H29N3O. The van der Waals surface area contributed by atoms with Gasteiger partial charge in [0, 0.05) is 50.2 Å². The summed E-state index contributed by atoms with van der Waals surface area (Å²) in [5, 5.41) is 4.69. The van der Waals surface area contributed by atoms with Crippen molar-refractivity contribution in [3.05, 3.63) is 152 Å². The van der Waals surface area contributed by atoms with Crippen LogP contribution < -0.4 is 4.90 Å². The summed E-state index contributed by atoms with van der Waals surface area (Å²) in [5.74, 6) is 0.625. The minimum absolute atomic E-state index is 0.625. The zero-order valence-corrected chi connectivity index (χ0v) is 24.6. The fraction of sp³-hybridized carbons (Fsp3) is 0.0488. The third-order valence-electron chi connectivity index (χ3n) is 8.85. The van der Waals surface area contributed by atoms with Gasteiger partial charge in [-0.05, 0) is 61.4 Å². The van der Waals surface area contributed by atoms with Crippen molar-refractivity contribution in [1.82, 2.24) is 9.55 Å². The van der Waals surface area contributed by atoms with E-state index in [-0.39, 0.29) is 0 Å². The Kier molecular flexibility index (Phi) is 5.91. The molecule has 0 amide bonds. The van der Waals surface area contributed by atoms with Crippen molar-refractivity contribution in [1.29, 1.82) is 0 Å². The lowest BCUT2D eigenvalue weighted by molar-refractivity contribution is 0.620. The zero-order valence-electron chi connectivity index (χ0n) is 24.6. The number of hydrogen-bond donors (Lipinski definition) is 0. The van der Waals surface area contributed by atoms with Crippen LogP contribution in [-0.4, -0.2) is 9.55 Å². The second-order valence-corrected chi connectivity index (χ2v) is 11.5. The summed E-state index contributed by atoms with van der Waals surface area (Å²) in [5.41, 5.74) is 9.54. The first kappa shape index (κ1) is 25.6. The second kappa shape index (κ2) is 10.4. The van der Waals surface area contributed by atoms with Crippen molar-refractivity contribution in [2.24, 2.45) is 0 Å². The number of fused-ring (bicyclic) bond motifs is 6. The topological polar surface area (TPSA) is 34.2 Å². The van der Waals surface area contributed by atoms with E-state index in [9.17, 15) is 0 Å². The molecule has 1 aliphatic carbocycles. The lowest BCUT2D eigenvalue weighted by Gasteiger charge is -2.27. The molecule has 0 spiro atoms. The first-order valence-corrected chi connectivity index (χ1v) is 15.5. The summed E-state index contributed by atoms with van der Waals surface area (Å²) < 4.78 is 8.93. The maximum Gasteiger partial charge on any atom is 0.227 e. The fourth-order valence-corrected chi connectivity index (χ4v) is 6.81. The predicted octanol–water partition coefficient (Wildman–Crippen LogP) is 11.4. The Balaban J connectivity index is 1.32. The molecule has 0 atom stereocenters. The predicted molar refractivity (Wildman–Crippen MR) is 187 cm³/mol. The molecule has 4 nitrogen and oxygen atoms in total. The van der Waals surface area contributed by atoms with E-state index in [4.69, 9.17) is 9.40 Å². The van der Waals surface area contributed by atoms with Crippen LogP contribution in [0.5, 0.6) is 0 Å². The lowest BCUT2D eigenvalue weighted by Crippen LogP contribution is -2.10. The Morgan fingerprint density at radius 2 is 1.33 bits per heavy atom. The molecule has 0 saturated heterocycles. The maximum atomic E-state index is 6.48. The van der Waals surface area contributed by atoms with Crippen molar-refractivity contribution in [2.75, 3.05) is 4.90 Å². The molecule has 0 N–H and O–H groups in total. The van der Waals surface area contributed by atoms with Crippen LogP contribution in [0, 0.1) is 0 Å². The van der Waals surface area contributed by atoms with Gasteiger partial charge in [0.2, 0.25) is 5.89 Å². The van der Waals surface area contributed by atoms with Gasteiger partial charge in [-0.2, -0.15) is 0 Å². The Labute approximate surface area is 260 Å². The third-order valence-corrected chi connectivity index (χ3v) is 8.85. The van der Waals surface area contributed by atoms with E-state index >= 15 is 0 Å². The van der Waals surface area contributed by atoms with E-state index in [1.807, 2.05) is 30.3 Å². The molecule has 9 rings (SSSR count). The zero-order chi connectivity index (χ0) is 29.7. The number of nitrogens with zero attached hydrogens (tertiary/aromatic N) is 3. The smallest absolute Gasteiger partial charge is 0.227 e. The van der Waals surface area contributed by atoms with Crippen LogP contribution in [0.4, 0.5) is 17.1 Å². The first-order chi connectivity index (χ1) is 22.3. The highest BCUT2D eigenvalue weighted by Gasteiger charge is 2.22. The van der Waals surface area contributed by atoms with Gasteiger partial charge in [0.15, 0.2) is 5.58 Å². The summed E-state index contributed by atoms with van der Waals surface area (Å²) in [6.07, 6.45) is 8.74. The highest BCUT2D eigenvalue weighted by Crippen LogP contribution is 2.44. The third kappa shape index (κ3) is 4.18. The number of anilines is 3. The van der Waals surface area contributed by atoms with E-state index in [0.29, 0.717) is 5.89 Å². The van der Waals surface area contributed by atoms with E-state index in [0.717, 1.165) is 57.3 Å². The molecule has 0 unspecified atom stereocenters. The summed E-state index contributed by atoms with van der Waals surface area (Å²) in [6, 6.07) is 47.0. The van der Waals surface area contributed by atoms with Crippen LogP contribution in [0.25, 0.3) is 60.8 Å². The molecule has 0 bridgehead atoms. The standard InChI is InChI=1S/C41H29N3O/c1-4-14-28(15-5-1)41-42-40-35-22-11-10-21-33(35)38(27-39(40)45-41)43(29-16-6-2-7-17-29)31-24-25-34-32-20-12-13-23-36(32)44(37(34)26-31)30-18-8-3-9-19-30/h1-8,10-18,20-27H,9,19H2. The molecule has 0 radical (unpaired) electrons. The van der Waals surface area contributed by atoms with Crippen molar-refractivity contribution >= 4 is 66.4 Å². The normalized spacial score (nSPS) is 13.2. The average Bonchev–Trinajstić information content (AvgIpc) is 3.69. The van der Waals surface area contributed by atoms with E-state index in [1.54, 1.807) is 0 Å². The number of rotatable bonds is 5. The van der Waals surface area contributed by atoms with Gasteiger partial charge in [0.1, 0.15) is 5.52 Å². The molecule has 0 fully saturated rings. The lowest BCUT2D eigenvalue weighted by atomic mass is 10.0. The average molecular weight is 580 g/mol. The van der Waals surface area contributed by atoms with E-state index in [2.05, 4.69) is 131 Å². The molecule has 214 valence electrons. The molecule has 0 aliphatic heterocycles. The molecule has 4 heteroatoms. The maximum absolute atomic E-state index is 6.48. The SMILES string of the molecule is C1=CCCC(n2c3ccccc3c3ccc(N(c4ccccc4)c4cc5oc(-c6ccccc6)nc5c5ccccc45)cc32)=C1. The number of para-hydroxylation sites is 2. The van der Waals surface area contributed by atoms with E-state index < -0.39 is 0 Å². The van der Waals surface area contributed by atoms with E-state index in [1.165, 1.54) is 27.5 Å². The molecule has 6 aromatic carbocycles. The molecule has 2 heterocycles. The van der Waals surface area contributed by atoms with Gasteiger partial charge in [-0.15, -0.1) is 0 Å². The van der Waals surface area contributed by atoms with Gasteiger partial charge in [-0.3, -0.25) is 0 Å². The Morgan fingerprint density at radius 1 is 0.622 bits per heavy atom. The first-order valence-electron chi connectivity index (χ1n) is 15.5. The summed E-state index contributed by atoms with van der Waals surface area (Å²) in [4.78, 5) is 7.34. The molecule has 1 aliphatic rings. The van der Waals surface area contributed by atoms with Crippen molar-refractivity contribution in [2.45, 2.75) is 12.8 Å². The van der Waals surface area contributed by atoms with Crippen LogP contribution in [0.1, 0.15) is 12.8 Å².